The van der Waals surface area contributed by atoms with Crippen molar-refractivity contribution in [3.05, 3.63) is 30.1 Å². The molecule has 0 aromatic carbocycles. The summed E-state index contributed by atoms with van der Waals surface area (Å²) in [7, 11) is 0. The number of aliphatic hydroxyl groups excluding tert-OH is 1. The van der Waals surface area contributed by atoms with Crippen LogP contribution in [0, 0.1) is 0 Å². The standard InChI is InChI=1S/C11H16N2O/c1-9(11-4-2-3-6-12-11)13-7-5-10(14)8-13/h2-4,6,9-10,14H,5,7-8H2,1H3/t9-,10+/m0/s1. The average Bonchev–Trinajstić information content (AvgIpc) is 2.65. The number of likely N-dealkylation sites (tertiary alicyclic amines) is 1. The lowest BCUT2D eigenvalue weighted by molar-refractivity contribution is 0.162. The van der Waals surface area contributed by atoms with E-state index in [1.54, 1.807) is 0 Å². The van der Waals surface area contributed by atoms with Crippen molar-refractivity contribution in [3.8, 4) is 0 Å². The first kappa shape index (κ1) is 9.62. The van der Waals surface area contributed by atoms with Gasteiger partial charge in [0.1, 0.15) is 0 Å². The highest BCUT2D eigenvalue weighted by Crippen LogP contribution is 2.22. The maximum atomic E-state index is 9.43. The third-order valence-corrected chi connectivity index (χ3v) is 2.86. The van der Waals surface area contributed by atoms with Gasteiger partial charge in [0.2, 0.25) is 0 Å². The SMILES string of the molecule is C[C@@H](c1ccccn1)N1CC[C@@H](O)C1. The molecular weight excluding hydrogens is 176 g/mol. The molecule has 1 aromatic heterocycles. The smallest absolute Gasteiger partial charge is 0.0679 e. The lowest BCUT2D eigenvalue weighted by Crippen LogP contribution is -2.26. The van der Waals surface area contributed by atoms with Crippen LogP contribution in [0.25, 0.3) is 0 Å². The molecule has 14 heavy (non-hydrogen) atoms. The molecule has 0 saturated carbocycles. The van der Waals surface area contributed by atoms with Crippen molar-refractivity contribution in [1.82, 2.24) is 9.88 Å². The summed E-state index contributed by atoms with van der Waals surface area (Å²) < 4.78 is 0. The van der Waals surface area contributed by atoms with E-state index in [1.165, 1.54) is 0 Å². The van der Waals surface area contributed by atoms with Crippen molar-refractivity contribution < 1.29 is 5.11 Å². The van der Waals surface area contributed by atoms with Crippen LogP contribution in [0.15, 0.2) is 24.4 Å². The Morgan fingerprint density at radius 3 is 3.00 bits per heavy atom. The number of rotatable bonds is 2. The first-order valence-corrected chi connectivity index (χ1v) is 5.10. The molecule has 1 aliphatic heterocycles. The number of hydrogen-bond donors (Lipinski definition) is 1. The van der Waals surface area contributed by atoms with Crippen LogP contribution in [0.5, 0.6) is 0 Å². The Bertz CT molecular complexity index is 289. The third-order valence-electron chi connectivity index (χ3n) is 2.86. The average molecular weight is 192 g/mol. The lowest BCUT2D eigenvalue weighted by atomic mass is 10.2. The van der Waals surface area contributed by atoms with Crippen LogP contribution in [0.1, 0.15) is 25.1 Å². The molecule has 1 N–H and O–H groups in total. The zero-order chi connectivity index (χ0) is 9.97. The molecule has 0 amide bonds. The molecule has 3 heteroatoms. The molecule has 0 bridgehead atoms. The number of aliphatic hydroxyl groups is 1. The van der Waals surface area contributed by atoms with Crippen molar-refractivity contribution >= 4 is 0 Å². The second-order valence-electron chi connectivity index (χ2n) is 3.87. The first-order chi connectivity index (χ1) is 6.77. The van der Waals surface area contributed by atoms with Gasteiger partial charge in [-0.15, -0.1) is 0 Å². The summed E-state index contributed by atoms with van der Waals surface area (Å²) in [5.74, 6) is 0. The van der Waals surface area contributed by atoms with Crippen molar-refractivity contribution in [2.75, 3.05) is 13.1 Å². The quantitative estimate of drug-likeness (QED) is 0.765. The van der Waals surface area contributed by atoms with Gasteiger partial charge in [0.05, 0.1) is 11.8 Å². The van der Waals surface area contributed by atoms with Gasteiger partial charge in [-0.25, -0.2) is 0 Å². The van der Waals surface area contributed by atoms with E-state index in [1.807, 2.05) is 24.4 Å². The normalized spacial score (nSPS) is 25.1. The number of hydrogen-bond acceptors (Lipinski definition) is 3. The number of pyridine rings is 1. The zero-order valence-electron chi connectivity index (χ0n) is 8.43. The van der Waals surface area contributed by atoms with Crippen LogP contribution >= 0.6 is 0 Å². The minimum absolute atomic E-state index is 0.152. The van der Waals surface area contributed by atoms with Crippen molar-refractivity contribution in [3.63, 3.8) is 0 Å². The largest absolute Gasteiger partial charge is 0.392 e. The Labute approximate surface area is 84.4 Å². The first-order valence-electron chi connectivity index (χ1n) is 5.10. The summed E-state index contributed by atoms with van der Waals surface area (Å²) in [6.07, 6.45) is 2.55. The van der Waals surface area contributed by atoms with E-state index in [0.717, 1.165) is 25.2 Å². The van der Waals surface area contributed by atoms with Crippen LogP contribution in [-0.2, 0) is 0 Å². The van der Waals surface area contributed by atoms with E-state index >= 15 is 0 Å². The molecule has 0 aliphatic carbocycles. The molecule has 3 nitrogen and oxygen atoms in total. The lowest BCUT2D eigenvalue weighted by Gasteiger charge is -2.22. The van der Waals surface area contributed by atoms with Crippen molar-refractivity contribution in [1.29, 1.82) is 0 Å². The Morgan fingerprint density at radius 2 is 2.43 bits per heavy atom. The van der Waals surface area contributed by atoms with Gasteiger partial charge in [0, 0.05) is 25.3 Å². The van der Waals surface area contributed by atoms with Crippen LogP contribution < -0.4 is 0 Å². The Morgan fingerprint density at radius 1 is 1.57 bits per heavy atom. The molecule has 76 valence electrons. The molecule has 2 rings (SSSR count). The fourth-order valence-corrected chi connectivity index (χ4v) is 1.93. The molecule has 0 radical (unpaired) electrons. The number of nitrogens with zero attached hydrogens (tertiary/aromatic N) is 2. The highest BCUT2D eigenvalue weighted by molar-refractivity contribution is 5.08. The molecule has 1 aromatic rings. The molecule has 0 unspecified atom stereocenters. The van der Waals surface area contributed by atoms with Gasteiger partial charge in [0.25, 0.3) is 0 Å². The van der Waals surface area contributed by atoms with Crippen LogP contribution in [-0.4, -0.2) is 34.2 Å². The van der Waals surface area contributed by atoms with Gasteiger partial charge in [-0.1, -0.05) is 6.07 Å². The summed E-state index contributed by atoms with van der Waals surface area (Å²) in [6, 6.07) is 6.28. The number of aromatic nitrogens is 1. The summed E-state index contributed by atoms with van der Waals surface area (Å²) in [5.41, 5.74) is 1.08. The molecular formula is C11H16N2O. The molecule has 2 atom stereocenters. The van der Waals surface area contributed by atoms with Gasteiger partial charge in [-0.2, -0.15) is 0 Å². The maximum Gasteiger partial charge on any atom is 0.0679 e. The second-order valence-corrected chi connectivity index (χ2v) is 3.87. The number of β-amino-alcohol motifs (C(OH)–C–C–N with tert-alkyl or cyclic N) is 1. The van der Waals surface area contributed by atoms with Crippen LogP contribution in [0.4, 0.5) is 0 Å². The molecule has 2 heterocycles. The molecule has 1 saturated heterocycles. The molecule has 1 aliphatic rings. The summed E-state index contributed by atoms with van der Waals surface area (Å²) in [6.45, 7) is 3.89. The minimum Gasteiger partial charge on any atom is -0.392 e. The van der Waals surface area contributed by atoms with Crippen LogP contribution in [0.3, 0.4) is 0 Å². The monoisotopic (exact) mass is 192 g/mol. The fraction of sp³-hybridized carbons (Fsp3) is 0.545. The van der Waals surface area contributed by atoms with Crippen LogP contribution in [0.2, 0.25) is 0 Å². The predicted molar refractivity (Wildman–Crippen MR) is 54.8 cm³/mol. The van der Waals surface area contributed by atoms with Crippen molar-refractivity contribution in [2.45, 2.75) is 25.5 Å². The Kier molecular flexibility index (Phi) is 2.79. The van der Waals surface area contributed by atoms with E-state index in [2.05, 4.69) is 16.8 Å². The minimum atomic E-state index is -0.152. The van der Waals surface area contributed by atoms with Gasteiger partial charge in [0.15, 0.2) is 0 Å². The van der Waals surface area contributed by atoms with Gasteiger partial charge >= 0.3 is 0 Å². The van der Waals surface area contributed by atoms with E-state index in [4.69, 9.17) is 0 Å². The predicted octanol–water partition coefficient (Wildman–Crippen LogP) is 1.21. The van der Waals surface area contributed by atoms with E-state index in [0.29, 0.717) is 6.04 Å². The van der Waals surface area contributed by atoms with Gasteiger partial charge in [-0.05, 0) is 25.5 Å². The fourth-order valence-electron chi connectivity index (χ4n) is 1.93. The maximum absolute atomic E-state index is 9.43. The second kappa shape index (κ2) is 4.07. The Hall–Kier alpha value is -0.930. The summed E-state index contributed by atoms with van der Waals surface area (Å²) in [5, 5.41) is 9.43. The van der Waals surface area contributed by atoms with Gasteiger partial charge in [-0.3, -0.25) is 9.88 Å². The molecule has 1 fully saturated rings. The molecule has 0 spiro atoms. The highest BCUT2D eigenvalue weighted by atomic mass is 16.3. The van der Waals surface area contributed by atoms with E-state index < -0.39 is 0 Å². The Balaban J connectivity index is 2.05. The summed E-state index contributed by atoms with van der Waals surface area (Å²) in [4.78, 5) is 6.60. The highest BCUT2D eigenvalue weighted by Gasteiger charge is 2.25. The van der Waals surface area contributed by atoms with E-state index in [9.17, 15) is 5.11 Å². The topological polar surface area (TPSA) is 36.4 Å². The summed E-state index contributed by atoms with van der Waals surface area (Å²) >= 11 is 0. The third kappa shape index (κ3) is 1.94. The zero-order valence-corrected chi connectivity index (χ0v) is 8.43. The van der Waals surface area contributed by atoms with Gasteiger partial charge < -0.3 is 5.11 Å². The van der Waals surface area contributed by atoms with E-state index in [-0.39, 0.29) is 6.10 Å². The van der Waals surface area contributed by atoms with Crippen molar-refractivity contribution in [2.24, 2.45) is 0 Å².